The van der Waals surface area contributed by atoms with Crippen LogP contribution >= 0.6 is 0 Å². The summed E-state index contributed by atoms with van der Waals surface area (Å²) in [5, 5.41) is 0. The van der Waals surface area contributed by atoms with E-state index in [4.69, 9.17) is 14.2 Å². The van der Waals surface area contributed by atoms with Crippen LogP contribution in [0.5, 0.6) is 17.2 Å². The van der Waals surface area contributed by atoms with E-state index in [1.54, 1.807) is 6.07 Å². The number of amides is 1. The van der Waals surface area contributed by atoms with Crippen LogP contribution in [-0.4, -0.2) is 68.3 Å². The first-order chi connectivity index (χ1) is 14.7. The summed E-state index contributed by atoms with van der Waals surface area (Å²) >= 11 is 0. The standard InChI is InChI=1S/C24H32N2O4/c1-3-17-30-22-11-10-20(19-23(22)28-4-2)24(27)26-14-12-25(13-15-26)16-18-29-21-8-6-5-7-9-21/h5-11,19H,3-4,12-18H2,1-2H3. The smallest absolute Gasteiger partial charge is 0.254 e. The molecule has 0 aromatic heterocycles. The van der Waals surface area contributed by atoms with Gasteiger partial charge in [0, 0.05) is 38.3 Å². The summed E-state index contributed by atoms with van der Waals surface area (Å²) < 4.78 is 17.2. The molecule has 162 valence electrons. The van der Waals surface area contributed by atoms with E-state index in [2.05, 4.69) is 11.8 Å². The Labute approximate surface area is 179 Å². The van der Waals surface area contributed by atoms with Crippen molar-refractivity contribution in [3.8, 4) is 17.2 Å². The number of piperazine rings is 1. The number of ether oxygens (including phenoxy) is 3. The van der Waals surface area contributed by atoms with Crippen molar-refractivity contribution in [2.75, 3.05) is 52.5 Å². The Hall–Kier alpha value is -2.73. The fraction of sp³-hybridized carbons (Fsp3) is 0.458. The molecule has 1 fully saturated rings. The topological polar surface area (TPSA) is 51.2 Å². The summed E-state index contributed by atoms with van der Waals surface area (Å²) in [6.45, 7) is 9.77. The first-order valence-electron chi connectivity index (χ1n) is 10.8. The van der Waals surface area contributed by atoms with Crippen molar-refractivity contribution in [2.24, 2.45) is 0 Å². The molecule has 0 unspecified atom stereocenters. The quantitative estimate of drug-likeness (QED) is 0.595. The van der Waals surface area contributed by atoms with Gasteiger partial charge in [-0.3, -0.25) is 9.69 Å². The molecule has 0 atom stereocenters. The molecule has 3 rings (SSSR count). The second kappa shape index (κ2) is 11.5. The van der Waals surface area contributed by atoms with Crippen LogP contribution in [0.15, 0.2) is 48.5 Å². The molecule has 1 aliphatic heterocycles. The van der Waals surface area contributed by atoms with E-state index in [0.717, 1.165) is 31.8 Å². The van der Waals surface area contributed by atoms with E-state index >= 15 is 0 Å². The molecule has 1 saturated heterocycles. The number of nitrogens with zero attached hydrogens (tertiary/aromatic N) is 2. The third kappa shape index (κ3) is 6.13. The first-order valence-corrected chi connectivity index (χ1v) is 10.8. The van der Waals surface area contributed by atoms with Gasteiger partial charge in [0.25, 0.3) is 5.91 Å². The van der Waals surface area contributed by atoms with Crippen LogP contribution in [0.25, 0.3) is 0 Å². The molecule has 0 N–H and O–H groups in total. The van der Waals surface area contributed by atoms with Crippen LogP contribution in [0.3, 0.4) is 0 Å². The van der Waals surface area contributed by atoms with Gasteiger partial charge >= 0.3 is 0 Å². The monoisotopic (exact) mass is 412 g/mol. The maximum Gasteiger partial charge on any atom is 0.254 e. The molecule has 30 heavy (non-hydrogen) atoms. The Morgan fingerprint density at radius 1 is 0.867 bits per heavy atom. The van der Waals surface area contributed by atoms with Gasteiger partial charge in [0.15, 0.2) is 11.5 Å². The molecule has 1 heterocycles. The Bertz CT molecular complexity index is 789. The Morgan fingerprint density at radius 3 is 2.33 bits per heavy atom. The summed E-state index contributed by atoms with van der Waals surface area (Å²) in [4.78, 5) is 17.2. The lowest BCUT2D eigenvalue weighted by atomic mass is 10.1. The highest BCUT2D eigenvalue weighted by Crippen LogP contribution is 2.29. The van der Waals surface area contributed by atoms with Crippen molar-refractivity contribution in [3.05, 3.63) is 54.1 Å². The number of carbonyl (C=O) groups excluding carboxylic acids is 1. The van der Waals surface area contributed by atoms with Crippen molar-refractivity contribution < 1.29 is 19.0 Å². The van der Waals surface area contributed by atoms with Gasteiger partial charge < -0.3 is 19.1 Å². The summed E-state index contributed by atoms with van der Waals surface area (Å²) in [5.74, 6) is 2.26. The SMILES string of the molecule is CCCOc1ccc(C(=O)N2CCN(CCOc3ccccc3)CC2)cc1OCC. The highest BCUT2D eigenvalue weighted by molar-refractivity contribution is 5.95. The molecule has 2 aromatic carbocycles. The predicted octanol–water partition coefficient (Wildman–Crippen LogP) is 3.71. The molecule has 2 aromatic rings. The molecular formula is C24H32N2O4. The second-order valence-electron chi connectivity index (χ2n) is 7.24. The highest BCUT2D eigenvalue weighted by Gasteiger charge is 2.23. The lowest BCUT2D eigenvalue weighted by Crippen LogP contribution is -2.49. The molecule has 0 aliphatic carbocycles. The summed E-state index contributed by atoms with van der Waals surface area (Å²) in [5.41, 5.74) is 0.642. The largest absolute Gasteiger partial charge is 0.492 e. The minimum atomic E-state index is 0.0400. The predicted molar refractivity (Wildman–Crippen MR) is 118 cm³/mol. The van der Waals surface area contributed by atoms with E-state index in [0.29, 0.717) is 50.0 Å². The van der Waals surface area contributed by atoms with Gasteiger partial charge in [0.05, 0.1) is 13.2 Å². The number of carbonyl (C=O) groups is 1. The lowest BCUT2D eigenvalue weighted by Gasteiger charge is -2.34. The minimum Gasteiger partial charge on any atom is -0.492 e. The van der Waals surface area contributed by atoms with E-state index in [1.165, 1.54) is 0 Å². The summed E-state index contributed by atoms with van der Waals surface area (Å²) in [6, 6.07) is 15.3. The Balaban J connectivity index is 1.50. The van der Waals surface area contributed by atoms with Gasteiger partial charge in [-0.25, -0.2) is 0 Å². The van der Waals surface area contributed by atoms with Crippen molar-refractivity contribution in [1.82, 2.24) is 9.80 Å². The number of hydrogen-bond acceptors (Lipinski definition) is 5. The molecule has 0 radical (unpaired) electrons. The number of para-hydroxylation sites is 1. The zero-order valence-electron chi connectivity index (χ0n) is 18.0. The van der Waals surface area contributed by atoms with Crippen LogP contribution in [0, 0.1) is 0 Å². The zero-order valence-corrected chi connectivity index (χ0v) is 18.0. The maximum absolute atomic E-state index is 13.0. The van der Waals surface area contributed by atoms with Crippen LogP contribution in [0.1, 0.15) is 30.6 Å². The molecule has 0 saturated carbocycles. The van der Waals surface area contributed by atoms with Gasteiger partial charge in [-0.2, -0.15) is 0 Å². The number of benzene rings is 2. The van der Waals surface area contributed by atoms with Crippen LogP contribution in [-0.2, 0) is 0 Å². The third-order valence-corrected chi connectivity index (χ3v) is 5.03. The molecule has 1 amide bonds. The van der Waals surface area contributed by atoms with Crippen LogP contribution in [0.4, 0.5) is 0 Å². The van der Waals surface area contributed by atoms with Gasteiger partial charge in [-0.1, -0.05) is 25.1 Å². The number of rotatable bonds is 10. The molecule has 6 heteroatoms. The first kappa shape index (κ1) is 22.0. The maximum atomic E-state index is 13.0. The normalized spacial score (nSPS) is 14.4. The fourth-order valence-electron chi connectivity index (χ4n) is 3.41. The third-order valence-electron chi connectivity index (χ3n) is 5.03. The summed E-state index contributed by atoms with van der Waals surface area (Å²) in [7, 11) is 0. The molecule has 0 bridgehead atoms. The molecule has 6 nitrogen and oxygen atoms in total. The Morgan fingerprint density at radius 2 is 1.63 bits per heavy atom. The fourth-order valence-corrected chi connectivity index (χ4v) is 3.41. The second-order valence-corrected chi connectivity index (χ2v) is 7.24. The van der Waals surface area contributed by atoms with E-state index in [9.17, 15) is 4.79 Å². The lowest BCUT2D eigenvalue weighted by molar-refractivity contribution is 0.0620. The Kier molecular flexibility index (Phi) is 8.39. The van der Waals surface area contributed by atoms with Crippen LogP contribution in [0.2, 0.25) is 0 Å². The zero-order chi connectivity index (χ0) is 21.2. The molecule has 1 aliphatic rings. The molecular weight excluding hydrogens is 380 g/mol. The van der Waals surface area contributed by atoms with Gasteiger partial charge in [0.2, 0.25) is 0 Å². The van der Waals surface area contributed by atoms with Crippen molar-refractivity contribution in [3.63, 3.8) is 0 Å². The molecule has 0 spiro atoms. The van der Waals surface area contributed by atoms with E-state index in [1.807, 2.05) is 54.3 Å². The van der Waals surface area contributed by atoms with E-state index < -0.39 is 0 Å². The highest BCUT2D eigenvalue weighted by atomic mass is 16.5. The van der Waals surface area contributed by atoms with Gasteiger partial charge in [0.1, 0.15) is 12.4 Å². The van der Waals surface area contributed by atoms with Crippen molar-refractivity contribution in [1.29, 1.82) is 0 Å². The van der Waals surface area contributed by atoms with Crippen molar-refractivity contribution in [2.45, 2.75) is 20.3 Å². The average molecular weight is 413 g/mol. The van der Waals surface area contributed by atoms with Gasteiger partial charge in [-0.15, -0.1) is 0 Å². The number of hydrogen-bond donors (Lipinski definition) is 0. The average Bonchev–Trinajstić information content (AvgIpc) is 2.79. The summed E-state index contributed by atoms with van der Waals surface area (Å²) in [6.07, 6.45) is 0.924. The van der Waals surface area contributed by atoms with Crippen LogP contribution < -0.4 is 14.2 Å². The van der Waals surface area contributed by atoms with Gasteiger partial charge in [-0.05, 0) is 43.7 Å². The van der Waals surface area contributed by atoms with Crippen molar-refractivity contribution >= 4 is 5.91 Å². The van der Waals surface area contributed by atoms with E-state index in [-0.39, 0.29) is 5.91 Å². The minimum absolute atomic E-state index is 0.0400.